The lowest BCUT2D eigenvalue weighted by molar-refractivity contribution is -0.301. The van der Waals surface area contributed by atoms with Crippen molar-refractivity contribution in [3.05, 3.63) is 72.9 Å². The van der Waals surface area contributed by atoms with Gasteiger partial charge in [0, 0.05) is 13.0 Å². The van der Waals surface area contributed by atoms with E-state index in [1.807, 2.05) is 0 Å². The predicted molar refractivity (Wildman–Crippen MR) is 225 cm³/mol. The van der Waals surface area contributed by atoms with E-state index in [-0.39, 0.29) is 19.6 Å². The SMILES string of the molecule is CC/C=C\C/C=C\C/C=C\C/C=C\C/C=C\C/C=C\CCCOCC(COC1OC(CO)C(O)C(OS(=O)(=O)O)C1O)OC(=O)CCCCCCCCCCCC. The van der Waals surface area contributed by atoms with Crippen LogP contribution in [-0.2, 0) is 38.3 Å². The number of unbranched alkanes of at least 4 members (excludes halogenated alkanes) is 10. The van der Waals surface area contributed by atoms with Gasteiger partial charge in [-0.3, -0.25) is 9.35 Å². The van der Waals surface area contributed by atoms with Gasteiger partial charge >= 0.3 is 16.4 Å². The average Bonchev–Trinajstić information content (AvgIpc) is 3.18. The second-order valence-electron chi connectivity index (χ2n) is 14.2. The number of esters is 1. The Morgan fingerprint density at radius 2 is 1.19 bits per heavy atom. The van der Waals surface area contributed by atoms with Crippen LogP contribution in [0.1, 0.15) is 136 Å². The molecule has 328 valence electrons. The number of ether oxygens (including phenoxy) is 4. The van der Waals surface area contributed by atoms with Crippen LogP contribution in [0.4, 0.5) is 0 Å². The molecule has 6 unspecified atom stereocenters. The Morgan fingerprint density at radius 3 is 1.70 bits per heavy atom. The highest BCUT2D eigenvalue weighted by Gasteiger charge is 2.48. The molecule has 0 aromatic heterocycles. The van der Waals surface area contributed by atoms with Crippen molar-refractivity contribution >= 4 is 16.4 Å². The van der Waals surface area contributed by atoms with E-state index in [1.165, 1.54) is 38.5 Å². The second kappa shape index (κ2) is 35.5. The van der Waals surface area contributed by atoms with Crippen LogP contribution in [0.25, 0.3) is 0 Å². The maximum absolute atomic E-state index is 12.8. The van der Waals surface area contributed by atoms with Gasteiger partial charge in [-0.25, -0.2) is 4.18 Å². The van der Waals surface area contributed by atoms with E-state index in [2.05, 4.69) is 90.9 Å². The Morgan fingerprint density at radius 1 is 0.684 bits per heavy atom. The number of carbonyl (C=O) groups excluding carboxylic acids is 1. The molecular weight excluding hydrogens is 753 g/mol. The maximum Gasteiger partial charge on any atom is 0.397 e. The van der Waals surface area contributed by atoms with Crippen LogP contribution in [-0.4, -0.2) is 97.5 Å². The molecule has 6 atom stereocenters. The van der Waals surface area contributed by atoms with Crippen molar-refractivity contribution < 1.29 is 56.2 Å². The first-order valence-electron chi connectivity index (χ1n) is 21.2. The smallest absolute Gasteiger partial charge is 0.397 e. The van der Waals surface area contributed by atoms with E-state index in [0.29, 0.717) is 13.0 Å². The Balaban J connectivity index is 2.49. The molecule has 1 fully saturated rings. The zero-order chi connectivity index (χ0) is 41.8. The monoisotopic (exact) mass is 826 g/mol. The minimum Gasteiger partial charge on any atom is -0.457 e. The zero-order valence-electron chi connectivity index (χ0n) is 34.6. The van der Waals surface area contributed by atoms with Gasteiger partial charge in [-0.1, -0.05) is 145 Å². The summed E-state index contributed by atoms with van der Waals surface area (Å²) in [5.41, 5.74) is 0. The number of aliphatic hydroxyl groups excluding tert-OH is 3. The molecule has 0 aliphatic carbocycles. The number of rotatable bonds is 35. The second-order valence-corrected chi connectivity index (χ2v) is 15.3. The van der Waals surface area contributed by atoms with Crippen LogP contribution in [0.5, 0.6) is 0 Å². The molecule has 4 N–H and O–H groups in total. The van der Waals surface area contributed by atoms with Crippen molar-refractivity contribution in [3.63, 3.8) is 0 Å². The molecule has 0 radical (unpaired) electrons. The maximum atomic E-state index is 12.8. The third kappa shape index (κ3) is 29.4. The van der Waals surface area contributed by atoms with E-state index >= 15 is 0 Å². The quantitative estimate of drug-likeness (QED) is 0.0208. The molecule has 1 saturated heterocycles. The van der Waals surface area contributed by atoms with Gasteiger partial charge in [-0.15, -0.1) is 0 Å². The normalized spacial score (nSPS) is 21.4. The number of hydrogen-bond acceptors (Lipinski definition) is 11. The topological polar surface area (TPSA) is 178 Å². The van der Waals surface area contributed by atoms with E-state index in [1.54, 1.807) is 0 Å². The van der Waals surface area contributed by atoms with Crippen molar-refractivity contribution in [2.45, 2.75) is 173 Å². The summed E-state index contributed by atoms with van der Waals surface area (Å²) < 4.78 is 58.8. The molecule has 1 heterocycles. The van der Waals surface area contributed by atoms with Gasteiger partial charge in [0.2, 0.25) is 0 Å². The molecule has 57 heavy (non-hydrogen) atoms. The van der Waals surface area contributed by atoms with Crippen LogP contribution in [0.3, 0.4) is 0 Å². The molecule has 1 rings (SSSR count). The average molecular weight is 827 g/mol. The first-order chi connectivity index (χ1) is 27.6. The lowest BCUT2D eigenvalue weighted by Crippen LogP contribution is -2.60. The molecule has 13 heteroatoms. The van der Waals surface area contributed by atoms with E-state index in [0.717, 1.165) is 70.6 Å². The fraction of sp³-hybridized carbons (Fsp3) is 0.705. The number of carbonyl (C=O) groups is 1. The van der Waals surface area contributed by atoms with E-state index in [9.17, 15) is 28.5 Å². The lowest BCUT2D eigenvalue weighted by atomic mass is 9.99. The summed E-state index contributed by atoms with van der Waals surface area (Å²) in [5, 5.41) is 30.6. The largest absolute Gasteiger partial charge is 0.457 e. The Kier molecular flexibility index (Phi) is 32.7. The summed E-state index contributed by atoms with van der Waals surface area (Å²) >= 11 is 0. The van der Waals surface area contributed by atoms with Gasteiger partial charge in [-0.2, -0.15) is 8.42 Å². The Bertz CT molecular complexity index is 1280. The standard InChI is InChI=1S/C44H74O12S/c1-3-5-7-9-11-13-15-16-17-18-19-20-21-22-23-24-26-28-30-32-34-52-36-38(54-40(46)33-31-29-27-25-14-12-10-8-6-4-2)37-53-44-42(48)43(56-57(49,50)51)41(47)39(35-45)55-44/h5,7,11,13,16-17,19-20,22-23,26,28,38-39,41-45,47-48H,3-4,6,8-10,12,14-15,18,21,24-25,27,29-37H2,1-2H3,(H,49,50,51)/b7-5-,13-11-,17-16-,20-19-,23-22-,28-26-. The summed E-state index contributed by atoms with van der Waals surface area (Å²) in [6.45, 7) is 3.68. The van der Waals surface area contributed by atoms with Gasteiger partial charge in [-0.05, 0) is 57.8 Å². The van der Waals surface area contributed by atoms with Gasteiger partial charge in [0.05, 0.1) is 19.8 Å². The fourth-order valence-corrected chi connectivity index (χ4v) is 6.43. The minimum atomic E-state index is -5.07. The van der Waals surface area contributed by atoms with Crippen molar-refractivity contribution in [1.29, 1.82) is 0 Å². The zero-order valence-corrected chi connectivity index (χ0v) is 35.4. The van der Waals surface area contributed by atoms with Crippen molar-refractivity contribution in [2.75, 3.05) is 26.4 Å². The fourth-order valence-electron chi connectivity index (χ4n) is 5.92. The van der Waals surface area contributed by atoms with Gasteiger partial charge in [0.15, 0.2) is 6.29 Å². The first-order valence-corrected chi connectivity index (χ1v) is 22.6. The van der Waals surface area contributed by atoms with Crippen LogP contribution < -0.4 is 0 Å². The molecule has 0 amide bonds. The molecule has 0 bridgehead atoms. The Hall–Kier alpha value is -2.46. The minimum absolute atomic E-state index is 0.00661. The Labute approximate surface area is 343 Å². The van der Waals surface area contributed by atoms with Crippen molar-refractivity contribution in [1.82, 2.24) is 0 Å². The van der Waals surface area contributed by atoms with Crippen LogP contribution in [0.2, 0.25) is 0 Å². The van der Waals surface area contributed by atoms with E-state index < -0.39 is 59.8 Å². The highest BCUT2D eigenvalue weighted by molar-refractivity contribution is 7.80. The summed E-state index contributed by atoms with van der Waals surface area (Å²) in [4.78, 5) is 12.8. The molecule has 12 nitrogen and oxygen atoms in total. The molecule has 0 spiro atoms. The lowest BCUT2D eigenvalue weighted by Gasteiger charge is -2.41. The molecular formula is C44H74O12S. The number of hydrogen-bond donors (Lipinski definition) is 4. The highest BCUT2D eigenvalue weighted by Crippen LogP contribution is 2.26. The molecule has 0 aromatic rings. The molecule has 0 saturated carbocycles. The predicted octanol–water partition coefficient (Wildman–Crippen LogP) is 8.35. The van der Waals surface area contributed by atoms with Crippen molar-refractivity contribution in [3.8, 4) is 0 Å². The van der Waals surface area contributed by atoms with Crippen LogP contribution in [0.15, 0.2) is 72.9 Å². The van der Waals surface area contributed by atoms with Gasteiger partial charge in [0.1, 0.15) is 30.5 Å². The molecule has 1 aliphatic heterocycles. The number of allylic oxidation sites excluding steroid dienone is 12. The van der Waals surface area contributed by atoms with Gasteiger partial charge < -0.3 is 34.3 Å². The van der Waals surface area contributed by atoms with Crippen LogP contribution >= 0.6 is 0 Å². The third-order valence-corrected chi connectivity index (χ3v) is 9.56. The summed E-state index contributed by atoms with van der Waals surface area (Å²) in [5.74, 6) is -0.425. The number of aliphatic hydroxyl groups is 3. The van der Waals surface area contributed by atoms with Crippen molar-refractivity contribution in [2.24, 2.45) is 0 Å². The molecule has 1 aliphatic rings. The third-order valence-electron chi connectivity index (χ3n) is 9.09. The summed E-state index contributed by atoms with van der Waals surface area (Å²) in [6.07, 6.45) is 35.3. The van der Waals surface area contributed by atoms with Crippen LogP contribution in [0, 0.1) is 0 Å². The summed E-state index contributed by atoms with van der Waals surface area (Å²) in [6, 6.07) is 0. The first kappa shape index (κ1) is 52.6. The van der Waals surface area contributed by atoms with Gasteiger partial charge in [0.25, 0.3) is 0 Å². The highest BCUT2D eigenvalue weighted by atomic mass is 32.3. The van der Waals surface area contributed by atoms with E-state index in [4.69, 9.17) is 23.5 Å². The molecule has 0 aromatic carbocycles. The summed E-state index contributed by atoms with van der Waals surface area (Å²) in [7, 11) is -5.07.